The van der Waals surface area contributed by atoms with Crippen LogP contribution >= 0.6 is 11.3 Å². The third-order valence-electron chi connectivity index (χ3n) is 2.94. The van der Waals surface area contributed by atoms with Gasteiger partial charge in [0, 0.05) is 10.9 Å². The Morgan fingerprint density at radius 2 is 2.10 bits per heavy atom. The van der Waals surface area contributed by atoms with Gasteiger partial charge in [-0.1, -0.05) is 0 Å². The number of ether oxygens (including phenoxy) is 1. The van der Waals surface area contributed by atoms with Gasteiger partial charge in [-0.15, -0.1) is 11.3 Å². The van der Waals surface area contributed by atoms with Crippen LogP contribution in [0.2, 0.25) is 0 Å². The van der Waals surface area contributed by atoms with Crippen molar-refractivity contribution >= 4 is 34.1 Å². The molecule has 0 saturated carbocycles. The summed E-state index contributed by atoms with van der Waals surface area (Å²) < 4.78 is 10.1. The molecule has 0 saturated heterocycles. The van der Waals surface area contributed by atoms with E-state index in [1.807, 2.05) is 13.8 Å². The molecule has 0 aromatic carbocycles. The highest BCUT2D eigenvalue weighted by molar-refractivity contribution is 7.16. The van der Waals surface area contributed by atoms with Crippen molar-refractivity contribution in [3.05, 3.63) is 33.9 Å². The van der Waals surface area contributed by atoms with Crippen molar-refractivity contribution in [2.45, 2.75) is 20.8 Å². The Bertz CT molecular complexity index is 687. The van der Waals surface area contributed by atoms with Crippen molar-refractivity contribution in [2.75, 3.05) is 17.7 Å². The molecule has 0 bridgehead atoms. The fraction of sp³-hybridized carbons (Fsp3) is 0.286. The molecule has 6 nitrogen and oxygen atoms in total. The molecule has 0 aliphatic heterocycles. The highest BCUT2D eigenvalue weighted by atomic mass is 32.1. The van der Waals surface area contributed by atoms with Crippen LogP contribution in [0.5, 0.6) is 0 Å². The first-order chi connectivity index (χ1) is 9.93. The van der Waals surface area contributed by atoms with E-state index in [9.17, 15) is 9.59 Å². The van der Waals surface area contributed by atoms with E-state index < -0.39 is 11.9 Å². The summed E-state index contributed by atoms with van der Waals surface area (Å²) in [6.45, 7) is 5.70. The van der Waals surface area contributed by atoms with Crippen molar-refractivity contribution in [2.24, 2.45) is 0 Å². The van der Waals surface area contributed by atoms with Gasteiger partial charge in [-0.05, 0) is 32.4 Å². The van der Waals surface area contributed by atoms with E-state index in [4.69, 9.17) is 14.9 Å². The normalized spacial score (nSPS) is 10.4. The number of nitrogens with two attached hydrogens (primary N) is 1. The lowest BCUT2D eigenvalue weighted by molar-refractivity contribution is 0.0527. The summed E-state index contributed by atoms with van der Waals surface area (Å²) in [6, 6.07) is 2.97. The molecule has 112 valence electrons. The van der Waals surface area contributed by atoms with Crippen LogP contribution in [0.4, 0.5) is 10.9 Å². The highest BCUT2D eigenvalue weighted by Crippen LogP contribution is 2.33. The van der Waals surface area contributed by atoms with Gasteiger partial charge in [0.2, 0.25) is 0 Å². The number of aryl methyl sites for hydroxylation is 1. The lowest BCUT2D eigenvalue weighted by Crippen LogP contribution is -2.14. The first kappa shape index (κ1) is 15.1. The molecule has 2 rings (SSSR count). The number of hydrogen-bond donors (Lipinski definition) is 2. The largest absolute Gasteiger partial charge is 0.462 e. The van der Waals surface area contributed by atoms with Crippen LogP contribution in [0.15, 0.2) is 16.5 Å². The highest BCUT2D eigenvalue weighted by Gasteiger charge is 2.23. The van der Waals surface area contributed by atoms with E-state index in [1.54, 1.807) is 6.92 Å². The number of anilines is 2. The predicted molar refractivity (Wildman–Crippen MR) is 80.8 cm³/mol. The minimum atomic E-state index is -0.460. The molecule has 0 unspecified atom stereocenters. The number of esters is 1. The van der Waals surface area contributed by atoms with Crippen LogP contribution < -0.4 is 11.1 Å². The van der Waals surface area contributed by atoms with Crippen LogP contribution in [0.25, 0.3) is 0 Å². The molecule has 0 atom stereocenters. The first-order valence-electron chi connectivity index (χ1n) is 6.37. The maximum atomic E-state index is 12.1. The van der Waals surface area contributed by atoms with Gasteiger partial charge in [0.15, 0.2) is 11.6 Å². The molecule has 3 N–H and O–H groups in total. The quantitative estimate of drug-likeness (QED) is 0.847. The Kier molecular flexibility index (Phi) is 4.32. The minimum absolute atomic E-state index is 0.0889. The Balaban J connectivity index is 2.29. The van der Waals surface area contributed by atoms with Gasteiger partial charge < -0.3 is 20.2 Å². The fourth-order valence-electron chi connectivity index (χ4n) is 1.80. The third-order valence-corrected chi connectivity index (χ3v) is 4.07. The summed E-state index contributed by atoms with van der Waals surface area (Å²) in [5.41, 5.74) is 6.62. The van der Waals surface area contributed by atoms with Crippen molar-refractivity contribution in [1.29, 1.82) is 0 Å². The smallest absolute Gasteiger partial charge is 0.341 e. The molecule has 0 spiro atoms. The number of carbonyl (C=O) groups is 2. The van der Waals surface area contributed by atoms with Crippen LogP contribution in [-0.4, -0.2) is 18.5 Å². The molecule has 2 aromatic rings. The van der Waals surface area contributed by atoms with Crippen LogP contribution in [0.3, 0.4) is 0 Å². The second-order valence-corrected chi connectivity index (χ2v) is 5.59. The average molecular weight is 308 g/mol. The maximum Gasteiger partial charge on any atom is 0.341 e. The van der Waals surface area contributed by atoms with Gasteiger partial charge in [-0.25, -0.2) is 4.79 Å². The second kappa shape index (κ2) is 6.01. The number of rotatable bonds is 4. The molecule has 1 amide bonds. The van der Waals surface area contributed by atoms with Gasteiger partial charge in [-0.3, -0.25) is 4.79 Å². The Morgan fingerprint density at radius 3 is 2.67 bits per heavy atom. The lowest BCUT2D eigenvalue weighted by Gasteiger charge is -2.06. The van der Waals surface area contributed by atoms with E-state index in [-0.39, 0.29) is 18.3 Å². The van der Waals surface area contributed by atoms with Gasteiger partial charge in [0.05, 0.1) is 12.2 Å². The van der Waals surface area contributed by atoms with Gasteiger partial charge in [-0.2, -0.15) is 0 Å². The summed E-state index contributed by atoms with van der Waals surface area (Å²) in [5.74, 6) is -0.664. The molecule has 0 aliphatic carbocycles. The summed E-state index contributed by atoms with van der Waals surface area (Å²) in [5, 5.41) is 3.12. The summed E-state index contributed by atoms with van der Waals surface area (Å²) >= 11 is 1.32. The third kappa shape index (κ3) is 3.08. The van der Waals surface area contributed by atoms with E-state index in [0.717, 1.165) is 10.4 Å². The number of carbonyl (C=O) groups excluding carboxylic acids is 2. The number of nitrogen functional groups attached to an aromatic ring is 1. The number of hydrogen-bond acceptors (Lipinski definition) is 6. The standard InChI is InChI=1S/C14H16N2O4S/c1-4-19-14(18)11-7(2)8(3)21-13(11)16-12(17)9-5-6-10(15)20-9/h5-6H,4,15H2,1-3H3,(H,16,17). The molecular formula is C14H16N2O4S. The van der Waals surface area contributed by atoms with Crippen molar-refractivity contribution in [3.8, 4) is 0 Å². The molecule has 2 heterocycles. The molecular weight excluding hydrogens is 292 g/mol. The summed E-state index contributed by atoms with van der Waals surface area (Å²) in [7, 11) is 0. The van der Waals surface area contributed by atoms with E-state index >= 15 is 0 Å². The summed E-state index contributed by atoms with van der Waals surface area (Å²) in [4.78, 5) is 25.0. The number of amides is 1. The molecule has 7 heteroatoms. The average Bonchev–Trinajstić information content (AvgIpc) is 2.95. The zero-order valence-electron chi connectivity index (χ0n) is 12.0. The molecule has 0 radical (unpaired) electrons. The van der Waals surface area contributed by atoms with Crippen molar-refractivity contribution in [3.63, 3.8) is 0 Å². The predicted octanol–water partition coefficient (Wildman–Crippen LogP) is 2.97. The maximum absolute atomic E-state index is 12.1. The molecule has 0 aliphatic rings. The van der Waals surface area contributed by atoms with E-state index in [2.05, 4.69) is 5.32 Å². The fourth-order valence-corrected chi connectivity index (χ4v) is 2.85. The number of furan rings is 1. The zero-order chi connectivity index (χ0) is 15.6. The van der Waals surface area contributed by atoms with Gasteiger partial charge >= 0.3 is 5.97 Å². The Hall–Kier alpha value is -2.28. The van der Waals surface area contributed by atoms with Crippen LogP contribution in [0.1, 0.15) is 38.3 Å². The number of nitrogens with one attached hydrogen (secondary N) is 1. The minimum Gasteiger partial charge on any atom is -0.462 e. The van der Waals surface area contributed by atoms with Crippen molar-refractivity contribution < 1.29 is 18.7 Å². The molecule has 0 fully saturated rings. The summed E-state index contributed by atoms with van der Waals surface area (Å²) in [6.07, 6.45) is 0. The molecule has 21 heavy (non-hydrogen) atoms. The SMILES string of the molecule is CCOC(=O)c1c(NC(=O)c2ccc(N)o2)sc(C)c1C. The molecule has 2 aromatic heterocycles. The first-order valence-corrected chi connectivity index (χ1v) is 7.19. The number of thiophene rings is 1. The van der Waals surface area contributed by atoms with Gasteiger partial charge in [0.1, 0.15) is 5.00 Å². The Morgan fingerprint density at radius 1 is 1.38 bits per heavy atom. The lowest BCUT2D eigenvalue weighted by atomic mass is 10.1. The topological polar surface area (TPSA) is 94.6 Å². The van der Waals surface area contributed by atoms with E-state index in [1.165, 1.54) is 23.5 Å². The van der Waals surface area contributed by atoms with Crippen molar-refractivity contribution in [1.82, 2.24) is 0 Å². The monoisotopic (exact) mass is 308 g/mol. The van der Waals surface area contributed by atoms with Crippen LogP contribution in [0, 0.1) is 13.8 Å². The zero-order valence-corrected chi connectivity index (χ0v) is 12.8. The van der Waals surface area contributed by atoms with Crippen LogP contribution in [-0.2, 0) is 4.74 Å². The van der Waals surface area contributed by atoms with E-state index in [0.29, 0.717) is 10.6 Å². The second-order valence-electron chi connectivity index (χ2n) is 4.36. The van der Waals surface area contributed by atoms with Gasteiger partial charge in [0.25, 0.3) is 5.91 Å². The Labute approximate surface area is 125 Å².